The SMILES string of the molecule is CC(C)(C)Cc1ccc2c(c1)OCO2.Cc1ccc(COc2ncc(F)c(N)n2)cc1. The van der Waals surface area contributed by atoms with Gasteiger partial charge in [0.05, 0.1) is 6.20 Å². The second-order valence-corrected chi connectivity index (χ2v) is 8.59. The Morgan fingerprint density at radius 1 is 1.03 bits per heavy atom. The normalized spacial score (nSPS) is 12.2. The molecule has 0 saturated carbocycles. The monoisotopic (exact) mass is 425 g/mol. The third-order valence-electron chi connectivity index (χ3n) is 4.41. The highest BCUT2D eigenvalue weighted by molar-refractivity contribution is 5.44. The van der Waals surface area contributed by atoms with Crippen LogP contribution in [0, 0.1) is 18.2 Å². The van der Waals surface area contributed by atoms with Gasteiger partial charge in [-0.1, -0.05) is 56.7 Å². The zero-order valence-electron chi connectivity index (χ0n) is 18.3. The molecular weight excluding hydrogens is 397 g/mol. The van der Waals surface area contributed by atoms with E-state index in [1.54, 1.807) is 0 Å². The molecule has 0 atom stereocenters. The van der Waals surface area contributed by atoms with E-state index in [2.05, 4.69) is 42.9 Å². The molecule has 0 amide bonds. The molecule has 164 valence electrons. The minimum absolute atomic E-state index is 0.0736. The molecule has 2 N–H and O–H groups in total. The van der Waals surface area contributed by atoms with Crippen LogP contribution in [0.4, 0.5) is 10.2 Å². The Morgan fingerprint density at radius 3 is 2.39 bits per heavy atom. The molecule has 1 aliphatic rings. The predicted molar refractivity (Wildman–Crippen MR) is 118 cm³/mol. The van der Waals surface area contributed by atoms with Crippen LogP contribution in [-0.2, 0) is 13.0 Å². The molecule has 0 saturated heterocycles. The van der Waals surface area contributed by atoms with Gasteiger partial charge < -0.3 is 19.9 Å². The van der Waals surface area contributed by atoms with Crippen molar-refractivity contribution < 1.29 is 18.6 Å². The van der Waals surface area contributed by atoms with Gasteiger partial charge in [0.1, 0.15) is 6.61 Å². The van der Waals surface area contributed by atoms with Crippen LogP contribution in [0.2, 0.25) is 0 Å². The van der Waals surface area contributed by atoms with Gasteiger partial charge in [0.15, 0.2) is 23.1 Å². The molecule has 0 unspecified atom stereocenters. The van der Waals surface area contributed by atoms with Gasteiger partial charge in [0.25, 0.3) is 0 Å². The second-order valence-electron chi connectivity index (χ2n) is 8.59. The van der Waals surface area contributed by atoms with Crippen molar-refractivity contribution in [1.29, 1.82) is 0 Å². The predicted octanol–water partition coefficient (Wildman–Crippen LogP) is 5.09. The Hall–Kier alpha value is -3.35. The molecular formula is C24H28FN3O3. The lowest BCUT2D eigenvalue weighted by Gasteiger charge is -2.18. The first kappa shape index (κ1) is 22.3. The van der Waals surface area contributed by atoms with Crippen LogP contribution in [0.1, 0.15) is 37.5 Å². The summed E-state index contributed by atoms with van der Waals surface area (Å²) in [5, 5.41) is 0. The lowest BCUT2D eigenvalue weighted by atomic mass is 9.88. The molecule has 0 spiro atoms. The number of aryl methyl sites for hydroxylation is 1. The third-order valence-corrected chi connectivity index (χ3v) is 4.41. The molecule has 1 aliphatic heterocycles. The van der Waals surface area contributed by atoms with Crippen molar-refractivity contribution >= 4 is 5.82 Å². The Morgan fingerprint density at radius 2 is 1.71 bits per heavy atom. The molecule has 7 heteroatoms. The lowest BCUT2D eigenvalue weighted by Crippen LogP contribution is -2.08. The minimum Gasteiger partial charge on any atom is -0.459 e. The van der Waals surface area contributed by atoms with Crippen molar-refractivity contribution in [2.45, 2.75) is 40.7 Å². The van der Waals surface area contributed by atoms with Crippen LogP contribution in [0.3, 0.4) is 0 Å². The van der Waals surface area contributed by atoms with Gasteiger partial charge in [-0.2, -0.15) is 4.98 Å². The number of anilines is 1. The van der Waals surface area contributed by atoms with Crippen molar-refractivity contribution in [2.24, 2.45) is 5.41 Å². The van der Waals surface area contributed by atoms with Gasteiger partial charge in [-0.25, -0.2) is 9.37 Å². The maximum atomic E-state index is 12.8. The first-order chi connectivity index (χ1) is 14.7. The maximum absolute atomic E-state index is 12.8. The summed E-state index contributed by atoms with van der Waals surface area (Å²) in [7, 11) is 0. The molecule has 0 bridgehead atoms. The molecule has 0 fully saturated rings. The number of ether oxygens (including phenoxy) is 3. The van der Waals surface area contributed by atoms with Crippen molar-refractivity contribution in [3.05, 3.63) is 71.2 Å². The van der Waals surface area contributed by atoms with E-state index in [0.717, 1.165) is 29.7 Å². The van der Waals surface area contributed by atoms with E-state index in [4.69, 9.17) is 19.9 Å². The van der Waals surface area contributed by atoms with Crippen LogP contribution >= 0.6 is 0 Å². The standard InChI is InChI=1S/C12H12FN3O.C12H16O2/c1-8-2-4-9(5-3-8)7-17-12-15-6-10(13)11(14)16-12;1-12(2,3)7-9-4-5-10-11(6-9)14-8-13-10/h2-6H,7H2,1H3,(H2,14,15,16);4-6H,7-8H2,1-3H3. The molecule has 0 radical (unpaired) electrons. The molecule has 2 aromatic carbocycles. The number of halogens is 1. The zero-order valence-corrected chi connectivity index (χ0v) is 18.3. The number of nitrogens with zero attached hydrogens (tertiary/aromatic N) is 2. The number of rotatable bonds is 4. The summed E-state index contributed by atoms with van der Waals surface area (Å²) in [5.41, 5.74) is 9.09. The number of hydrogen-bond donors (Lipinski definition) is 1. The molecule has 6 nitrogen and oxygen atoms in total. The first-order valence-electron chi connectivity index (χ1n) is 10.0. The summed E-state index contributed by atoms with van der Waals surface area (Å²) in [6.07, 6.45) is 2.05. The van der Waals surface area contributed by atoms with Crippen LogP contribution < -0.4 is 19.9 Å². The van der Waals surface area contributed by atoms with Gasteiger partial charge in [-0.05, 0) is 42.0 Å². The second kappa shape index (κ2) is 9.64. The summed E-state index contributed by atoms with van der Waals surface area (Å²) in [6.45, 7) is 9.39. The lowest BCUT2D eigenvalue weighted by molar-refractivity contribution is 0.174. The van der Waals surface area contributed by atoms with E-state index in [1.807, 2.05) is 37.3 Å². The van der Waals surface area contributed by atoms with Crippen molar-refractivity contribution in [2.75, 3.05) is 12.5 Å². The minimum atomic E-state index is -0.646. The van der Waals surface area contributed by atoms with Crippen LogP contribution in [0.5, 0.6) is 17.5 Å². The van der Waals surface area contributed by atoms with E-state index >= 15 is 0 Å². The smallest absolute Gasteiger partial charge is 0.318 e. The summed E-state index contributed by atoms with van der Waals surface area (Å²) < 4.78 is 28.7. The van der Waals surface area contributed by atoms with Crippen LogP contribution in [0.25, 0.3) is 0 Å². The third kappa shape index (κ3) is 6.84. The highest BCUT2D eigenvalue weighted by Gasteiger charge is 2.16. The number of fused-ring (bicyclic) bond motifs is 1. The van der Waals surface area contributed by atoms with Crippen LogP contribution in [-0.4, -0.2) is 16.8 Å². The number of hydrogen-bond acceptors (Lipinski definition) is 6. The average molecular weight is 426 g/mol. The Labute approximate surface area is 182 Å². The molecule has 3 aromatic rings. The van der Waals surface area contributed by atoms with E-state index in [9.17, 15) is 4.39 Å². The summed E-state index contributed by atoms with van der Waals surface area (Å²) in [5.74, 6) is 0.890. The molecule has 1 aromatic heterocycles. The van der Waals surface area contributed by atoms with Gasteiger partial charge >= 0.3 is 6.01 Å². The van der Waals surface area contributed by atoms with Gasteiger partial charge in [0.2, 0.25) is 6.79 Å². The maximum Gasteiger partial charge on any atom is 0.318 e. The average Bonchev–Trinajstić information content (AvgIpc) is 3.17. The summed E-state index contributed by atoms with van der Waals surface area (Å²) in [4.78, 5) is 7.36. The van der Waals surface area contributed by atoms with Crippen molar-refractivity contribution in [1.82, 2.24) is 9.97 Å². The van der Waals surface area contributed by atoms with E-state index in [-0.39, 0.29) is 11.8 Å². The van der Waals surface area contributed by atoms with E-state index < -0.39 is 5.82 Å². The van der Waals surface area contributed by atoms with E-state index in [1.165, 1.54) is 11.1 Å². The largest absolute Gasteiger partial charge is 0.459 e. The number of nitrogens with two attached hydrogens (primary N) is 1. The summed E-state index contributed by atoms with van der Waals surface area (Å²) >= 11 is 0. The van der Waals surface area contributed by atoms with E-state index in [0.29, 0.717) is 18.8 Å². The van der Waals surface area contributed by atoms with Gasteiger partial charge in [-0.3, -0.25) is 0 Å². The highest BCUT2D eigenvalue weighted by atomic mass is 19.1. The number of aromatic nitrogens is 2. The Balaban J connectivity index is 0.000000179. The van der Waals surface area contributed by atoms with Gasteiger partial charge in [0, 0.05) is 0 Å². The zero-order chi connectivity index (χ0) is 22.4. The fourth-order valence-electron chi connectivity index (χ4n) is 2.93. The van der Waals surface area contributed by atoms with Crippen molar-refractivity contribution in [3.8, 4) is 17.5 Å². The topological polar surface area (TPSA) is 79.5 Å². The fraction of sp³-hybridized carbons (Fsp3) is 0.333. The number of benzene rings is 2. The Bertz CT molecular complexity index is 1020. The van der Waals surface area contributed by atoms with Gasteiger partial charge in [-0.15, -0.1) is 0 Å². The molecule has 4 rings (SSSR count). The van der Waals surface area contributed by atoms with Crippen LogP contribution in [0.15, 0.2) is 48.7 Å². The summed E-state index contributed by atoms with van der Waals surface area (Å²) in [6, 6.07) is 14.1. The molecule has 31 heavy (non-hydrogen) atoms. The Kier molecular flexibility index (Phi) is 6.95. The van der Waals surface area contributed by atoms with Crippen molar-refractivity contribution in [3.63, 3.8) is 0 Å². The highest BCUT2D eigenvalue weighted by Crippen LogP contribution is 2.34. The molecule has 0 aliphatic carbocycles. The fourth-order valence-corrected chi connectivity index (χ4v) is 2.93. The number of nitrogen functional groups attached to an aromatic ring is 1. The molecule has 2 heterocycles. The quantitative estimate of drug-likeness (QED) is 0.627. The first-order valence-corrected chi connectivity index (χ1v) is 10.0.